The van der Waals surface area contributed by atoms with E-state index in [1.165, 1.54) is 4.90 Å². The van der Waals surface area contributed by atoms with Crippen LogP contribution >= 0.6 is 22.6 Å². The molecule has 0 spiro atoms. The van der Waals surface area contributed by atoms with Crippen LogP contribution in [0.5, 0.6) is 0 Å². The number of hydrogen-bond acceptors (Lipinski definition) is 2. The molecule has 17 heavy (non-hydrogen) atoms. The van der Waals surface area contributed by atoms with E-state index in [1.807, 2.05) is 18.2 Å². The standard InChI is InChI=1S/C11H13IN2O3/c1-14(6-5-10(15)16)11(17)13-9-4-2-3-8(12)7-9/h2-4,7H,5-6H2,1H3,(H,13,17)(H,15,16). The van der Waals surface area contributed by atoms with E-state index in [0.717, 1.165) is 3.57 Å². The molecule has 5 nitrogen and oxygen atoms in total. The van der Waals surface area contributed by atoms with Gasteiger partial charge in [-0.15, -0.1) is 0 Å². The van der Waals surface area contributed by atoms with Crippen LogP contribution in [-0.2, 0) is 4.79 Å². The molecular formula is C11H13IN2O3. The van der Waals surface area contributed by atoms with Crippen molar-refractivity contribution in [3.8, 4) is 0 Å². The number of aliphatic carboxylic acids is 1. The van der Waals surface area contributed by atoms with Crippen LogP contribution in [-0.4, -0.2) is 35.6 Å². The molecule has 0 heterocycles. The number of carbonyl (C=O) groups excluding carboxylic acids is 1. The summed E-state index contributed by atoms with van der Waals surface area (Å²) in [5.41, 5.74) is 0.698. The van der Waals surface area contributed by atoms with Crippen molar-refractivity contribution >= 4 is 40.3 Å². The molecule has 0 radical (unpaired) electrons. The average molecular weight is 348 g/mol. The fraction of sp³-hybridized carbons (Fsp3) is 0.273. The second-order valence-corrected chi connectivity index (χ2v) is 4.75. The van der Waals surface area contributed by atoms with Crippen LogP contribution in [0.3, 0.4) is 0 Å². The van der Waals surface area contributed by atoms with Crippen molar-refractivity contribution < 1.29 is 14.7 Å². The molecule has 92 valence electrons. The van der Waals surface area contributed by atoms with Gasteiger partial charge in [-0.3, -0.25) is 4.79 Å². The number of hydrogen-bond donors (Lipinski definition) is 2. The molecule has 0 saturated carbocycles. The molecule has 0 aliphatic rings. The summed E-state index contributed by atoms with van der Waals surface area (Å²) in [7, 11) is 1.56. The minimum Gasteiger partial charge on any atom is -0.481 e. The lowest BCUT2D eigenvalue weighted by Crippen LogP contribution is -2.33. The third-order valence-electron chi connectivity index (χ3n) is 2.08. The Labute approximate surface area is 113 Å². The van der Waals surface area contributed by atoms with E-state index in [0.29, 0.717) is 5.69 Å². The van der Waals surface area contributed by atoms with Gasteiger partial charge in [0.15, 0.2) is 0 Å². The zero-order valence-corrected chi connectivity index (χ0v) is 11.5. The summed E-state index contributed by atoms with van der Waals surface area (Å²) in [6.07, 6.45) is -0.0593. The quantitative estimate of drug-likeness (QED) is 0.820. The Morgan fingerprint density at radius 2 is 2.18 bits per heavy atom. The van der Waals surface area contributed by atoms with Gasteiger partial charge in [0.2, 0.25) is 0 Å². The number of nitrogens with zero attached hydrogens (tertiary/aromatic N) is 1. The maximum atomic E-state index is 11.7. The average Bonchev–Trinajstić information content (AvgIpc) is 2.25. The van der Waals surface area contributed by atoms with Crippen LogP contribution in [0, 0.1) is 3.57 Å². The van der Waals surface area contributed by atoms with E-state index in [2.05, 4.69) is 27.9 Å². The Kier molecular flexibility index (Phi) is 5.20. The molecule has 0 aliphatic carbocycles. The molecule has 0 fully saturated rings. The highest BCUT2D eigenvalue weighted by Gasteiger charge is 2.10. The molecular weight excluding hydrogens is 335 g/mol. The Bertz CT molecular complexity index is 423. The molecule has 0 saturated heterocycles. The van der Waals surface area contributed by atoms with E-state index in [-0.39, 0.29) is 19.0 Å². The van der Waals surface area contributed by atoms with Crippen molar-refractivity contribution in [2.24, 2.45) is 0 Å². The fourth-order valence-electron chi connectivity index (χ4n) is 1.15. The monoisotopic (exact) mass is 348 g/mol. The number of nitrogens with one attached hydrogen (secondary N) is 1. The lowest BCUT2D eigenvalue weighted by atomic mass is 10.3. The first-order valence-corrected chi connectivity index (χ1v) is 6.06. The zero-order chi connectivity index (χ0) is 12.8. The first-order valence-electron chi connectivity index (χ1n) is 4.98. The van der Waals surface area contributed by atoms with Crippen LogP contribution in [0.15, 0.2) is 24.3 Å². The first-order chi connectivity index (χ1) is 7.99. The van der Waals surface area contributed by atoms with E-state index >= 15 is 0 Å². The van der Waals surface area contributed by atoms with E-state index in [9.17, 15) is 9.59 Å². The van der Waals surface area contributed by atoms with Gasteiger partial charge in [-0.2, -0.15) is 0 Å². The maximum Gasteiger partial charge on any atom is 0.321 e. The van der Waals surface area contributed by atoms with Gasteiger partial charge in [0.05, 0.1) is 6.42 Å². The van der Waals surface area contributed by atoms with Gasteiger partial charge in [0, 0.05) is 22.8 Å². The van der Waals surface area contributed by atoms with Gasteiger partial charge in [-0.05, 0) is 40.8 Å². The number of carbonyl (C=O) groups is 2. The van der Waals surface area contributed by atoms with Crippen molar-refractivity contribution in [1.82, 2.24) is 4.90 Å². The van der Waals surface area contributed by atoms with Crippen LogP contribution in [0.1, 0.15) is 6.42 Å². The maximum absolute atomic E-state index is 11.7. The summed E-state index contributed by atoms with van der Waals surface area (Å²) < 4.78 is 1.02. The third-order valence-corrected chi connectivity index (χ3v) is 2.75. The molecule has 1 aromatic carbocycles. The van der Waals surface area contributed by atoms with Crippen molar-refractivity contribution in [3.63, 3.8) is 0 Å². The highest BCUT2D eigenvalue weighted by Crippen LogP contribution is 2.12. The van der Waals surface area contributed by atoms with Crippen molar-refractivity contribution in [2.75, 3.05) is 18.9 Å². The summed E-state index contributed by atoms with van der Waals surface area (Å²) in [5.74, 6) is -0.918. The van der Waals surface area contributed by atoms with Gasteiger partial charge >= 0.3 is 12.0 Å². The Morgan fingerprint density at radius 1 is 1.47 bits per heavy atom. The van der Waals surface area contributed by atoms with E-state index < -0.39 is 5.97 Å². The molecule has 0 bridgehead atoms. The molecule has 0 atom stereocenters. The summed E-state index contributed by atoms with van der Waals surface area (Å²) in [6.45, 7) is 0.186. The molecule has 0 aromatic heterocycles. The first kappa shape index (κ1) is 13.8. The molecule has 2 N–H and O–H groups in total. The fourth-order valence-corrected chi connectivity index (χ4v) is 1.69. The topological polar surface area (TPSA) is 69.6 Å². The SMILES string of the molecule is CN(CCC(=O)O)C(=O)Nc1cccc(I)c1. The number of amides is 2. The molecule has 2 amide bonds. The second kappa shape index (κ2) is 6.43. The molecule has 0 unspecified atom stereocenters. The summed E-state index contributed by atoms with van der Waals surface area (Å²) >= 11 is 2.15. The lowest BCUT2D eigenvalue weighted by Gasteiger charge is -2.16. The minimum absolute atomic E-state index is 0.0593. The number of rotatable bonds is 4. The van der Waals surface area contributed by atoms with Gasteiger partial charge in [-0.25, -0.2) is 4.79 Å². The number of halogens is 1. The van der Waals surface area contributed by atoms with Crippen molar-refractivity contribution in [2.45, 2.75) is 6.42 Å². The van der Waals surface area contributed by atoms with Gasteiger partial charge in [0.1, 0.15) is 0 Å². The number of carboxylic acids is 1. The number of anilines is 1. The van der Waals surface area contributed by atoms with Gasteiger partial charge < -0.3 is 15.3 Å². The molecule has 1 rings (SSSR count). The van der Waals surface area contributed by atoms with Crippen LogP contribution in [0.4, 0.5) is 10.5 Å². The smallest absolute Gasteiger partial charge is 0.321 e. The summed E-state index contributed by atoms with van der Waals surface area (Å²) in [4.78, 5) is 23.4. The number of carboxylic acid groups (broad SMARTS) is 1. The largest absolute Gasteiger partial charge is 0.481 e. The second-order valence-electron chi connectivity index (χ2n) is 3.51. The predicted molar refractivity (Wildman–Crippen MR) is 73.1 cm³/mol. The Balaban J connectivity index is 2.51. The minimum atomic E-state index is -0.918. The van der Waals surface area contributed by atoms with Crippen LogP contribution < -0.4 is 5.32 Å². The summed E-state index contributed by atoms with van der Waals surface area (Å²) in [6, 6.07) is 7.07. The van der Waals surface area contributed by atoms with Gasteiger partial charge in [0.25, 0.3) is 0 Å². The van der Waals surface area contributed by atoms with Crippen LogP contribution in [0.2, 0.25) is 0 Å². The molecule has 6 heteroatoms. The third kappa shape index (κ3) is 5.03. The molecule has 0 aliphatic heterocycles. The highest BCUT2D eigenvalue weighted by atomic mass is 127. The van der Waals surface area contributed by atoms with Crippen LogP contribution in [0.25, 0.3) is 0 Å². The Hall–Kier alpha value is -1.31. The number of benzene rings is 1. The molecule has 1 aromatic rings. The number of urea groups is 1. The van der Waals surface area contributed by atoms with E-state index in [1.54, 1.807) is 13.1 Å². The normalized spacial score (nSPS) is 9.76. The summed E-state index contributed by atoms with van der Waals surface area (Å²) in [5, 5.41) is 11.2. The highest BCUT2D eigenvalue weighted by molar-refractivity contribution is 14.1. The predicted octanol–water partition coefficient (Wildman–Crippen LogP) is 2.23. The van der Waals surface area contributed by atoms with Crippen molar-refractivity contribution in [1.29, 1.82) is 0 Å². The zero-order valence-electron chi connectivity index (χ0n) is 9.31. The van der Waals surface area contributed by atoms with Crippen molar-refractivity contribution in [3.05, 3.63) is 27.8 Å². The van der Waals surface area contributed by atoms with Gasteiger partial charge in [-0.1, -0.05) is 6.07 Å². The lowest BCUT2D eigenvalue weighted by molar-refractivity contribution is -0.137. The van der Waals surface area contributed by atoms with E-state index in [4.69, 9.17) is 5.11 Å². The Morgan fingerprint density at radius 3 is 2.76 bits per heavy atom.